The first-order valence-electron chi connectivity index (χ1n) is 6.59. The van der Waals surface area contributed by atoms with E-state index < -0.39 is 0 Å². The van der Waals surface area contributed by atoms with Gasteiger partial charge in [-0.2, -0.15) is 5.10 Å². The van der Waals surface area contributed by atoms with Gasteiger partial charge in [-0.25, -0.2) is 4.68 Å². The Labute approximate surface area is 124 Å². The zero-order valence-electron chi connectivity index (χ0n) is 11.9. The van der Waals surface area contributed by atoms with Gasteiger partial charge in [-0.1, -0.05) is 24.9 Å². The van der Waals surface area contributed by atoms with E-state index in [1.807, 2.05) is 28.9 Å². The van der Waals surface area contributed by atoms with Crippen LogP contribution in [0, 0.1) is 0 Å². The fraction of sp³-hybridized carbons (Fsp3) is 0.333. The van der Waals surface area contributed by atoms with E-state index in [0.717, 1.165) is 24.2 Å². The first-order chi connectivity index (χ1) is 9.54. The van der Waals surface area contributed by atoms with E-state index in [-0.39, 0.29) is 5.91 Å². The average Bonchev–Trinajstić information content (AvgIpc) is 2.83. The van der Waals surface area contributed by atoms with Crippen molar-refractivity contribution in [3.63, 3.8) is 0 Å². The van der Waals surface area contributed by atoms with Gasteiger partial charge in [-0.15, -0.1) is 0 Å². The zero-order valence-corrected chi connectivity index (χ0v) is 12.7. The average molecular weight is 292 g/mol. The maximum Gasteiger partial charge on any atom is 0.256 e. The van der Waals surface area contributed by atoms with E-state index in [4.69, 9.17) is 11.6 Å². The Morgan fingerprint density at radius 2 is 1.95 bits per heavy atom. The van der Waals surface area contributed by atoms with Gasteiger partial charge in [0.25, 0.3) is 5.91 Å². The Hall–Kier alpha value is -1.81. The molecular formula is C15H18ClN3O. The van der Waals surface area contributed by atoms with E-state index >= 15 is 0 Å². The molecule has 0 spiro atoms. The molecule has 0 N–H and O–H groups in total. The molecule has 106 valence electrons. The Balaban J connectivity index is 2.48. The molecule has 0 aliphatic rings. The standard InChI is InChI=1S/C15H18ClN3O/c1-4-5-14-13(15(20)18(2)3)10-17-19(14)12-8-6-11(16)7-9-12/h6-10H,4-5H2,1-3H3. The van der Waals surface area contributed by atoms with Gasteiger partial charge >= 0.3 is 0 Å². The minimum atomic E-state index is -0.0198. The van der Waals surface area contributed by atoms with Gasteiger partial charge in [0.2, 0.25) is 0 Å². The third kappa shape index (κ3) is 2.85. The third-order valence-corrected chi connectivity index (χ3v) is 3.32. The molecule has 2 aromatic rings. The first kappa shape index (κ1) is 14.6. The summed E-state index contributed by atoms with van der Waals surface area (Å²) in [5, 5.41) is 5.05. The maximum absolute atomic E-state index is 12.2. The molecule has 5 heteroatoms. The molecule has 0 unspecified atom stereocenters. The zero-order chi connectivity index (χ0) is 14.7. The summed E-state index contributed by atoms with van der Waals surface area (Å²) in [7, 11) is 3.50. The lowest BCUT2D eigenvalue weighted by Crippen LogP contribution is -2.22. The van der Waals surface area contributed by atoms with Crippen LogP contribution in [0.4, 0.5) is 0 Å². The van der Waals surface area contributed by atoms with E-state index in [1.54, 1.807) is 25.2 Å². The number of nitrogens with zero attached hydrogens (tertiary/aromatic N) is 3. The number of benzene rings is 1. The molecule has 1 heterocycles. The van der Waals surface area contributed by atoms with Crippen molar-refractivity contribution in [1.82, 2.24) is 14.7 Å². The largest absolute Gasteiger partial charge is 0.345 e. The highest BCUT2D eigenvalue weighted by atomic mass is 35.5. The van der Waals surface area contributed by atoms with Crippen molar-refractivity contribution in [2.75, 3.05) is 14.1 Å². The number of hydrogen-bond acceptors (Lipinski definition) is 2. The molecule has 0 aliphatic heterocycles. The molecule has 2 rings (SSSR count). The van der Waals surface area contributed by atoms with Crippen molar-refractivity contribution in [1.29, 1.82) is 0 Å². The van der Waals surface area contributed by atoms with Gasteiger partial charge in [0.15, 0.2) is 0 Å². The molecule has 0 saturated heterocycles. The van der Waals surface area contributed by atoms with Crippen LogP contribution < -0.4 is 0 Å². The molecule has 0 saturated carbocycles. The SMILES string of the molecule is CCCc1c(C(=O)N(C)C)cnn1-c1ccc(Cl)cc1. The van der Waals surface area contributed by atoms with Crippen LogP contribution in [-0.4, -0.2) is 34.7 Å². The highest BCUT2D eigenvalue weighted by Gasteiger charge is 2.18. The minimum Gasteiger partial charge on any atom is -0.345 e. The predicted molar refractivity (Wildman–Crippen MR) is 80.6 cm³/mol. The van der Waals surface area contributed by atoms with Gasteiger partial charge in [-0.3, -0.25) is 4.79 Å². The predicted octanol–water partition coefficient (Wildman–Crippen LogP) is 3.18. The number of amides is 1. The van der Waals surface area contributed by atoms with Gasteiger partial charge in [0.05, 0.1) is 23.1 Å². The summed E-state index contributed by atoms with van der Waals surface area (Å²) in [6.07, 6.45) is 3.40. The van der Waals surface area contributed by atoms with Crippen LogP contribution in [-0.2, 0) is 6.42 Å². The second-order valence-corrected chi connectivity index (χ2v) is 5.28. The first-order valence-corrected chi connectivity index (χ1v) is 6.97. The summed E-state index contributed by atoms with van der Waals surface area (Å²) in [6, 6.07) is 7.44. The normalized spacial score (nSPS) is 10.6. The molecule has 0 bridgehead atoms. The molecule has 0 atom stereocenters. The van der Waals surface area contributed by atoms with E-state index in [0.29, 0.717) is 10.6 Å². The fourth-order valence-electron chi connectivity index (χ4n) is 2.08. The summed E-state index contributed by atoms with van der Waals surface area (Å²) in [6.45, 7) is 2.09. The van der Waals surface area contributed by atoms with Crippen LogP contribution in [0.15, 0.2) is 30.5 Å². The fourth-order valence-corrected chi connectivity index (χ4v) is 2.20. The Kier molecular flexibility index (Phi) is 4.45. The van der Waals surface area contributed by atoms with Crippen molar-refractivity contribution in [3.8, 4) is 5.69 Å². The number of halogens is 1. The molecule has 1 aromatic carbocycles. The summed E-state index contributed by atoms with van der Waals surface area (Å²) in [5.41, 5.74) is 2.51. The van der Waals surface area contributed by atoms with Crippen LogP contribution >= 0.6 is 11.6 Å². The van der Waals surface area contributed by atoms with Crippen molar-refractivity contribution in [3.05, 3.63) is 46.7 Å². The number of hydrogen-bond donors (Lipinski definition) is 0. The second-order valence-electron chi connectivity index (χ2n) is 4.84. The quantitative estimate of drug-likeness (QED) is 0.868. The van der Waals surface area contributed by atoms with Crippen LogP contribution in [0.1, 0.15) is 29.4 Å². The number of rotatable bonds is 4. The lowest BCUT2D eigenvalue weighted by Gasteiger charge is -2.12. The van der Waals surface area contributed by atoms with Crippen molar-refractivity contribution < 1.29 is 4.79 Å². The second kappa shape index (κ2) is 6.09. The molecular weight excluding hydrogens is 274 g/mol. The van der Waals surface area contributed by atoms with Crippen LogP contribution in [0.3, 0.4) is 0 Å². The summed E-state index contributed by atoms with van der Waals surface area (Å²) in [5.74, 6) is -0.0198. The van der Waals surface area contributed by atoms with Gasteiger partial charge in [-0.05, 0) is 30.7 Å². The molecule has 1 amide bonds. The molecule has 20 heavy (non-hydrogen) atoms. The Bertz CT molecular complexity index is 602. The molecule has 0 radical (unpaired) electrons. The topological polar surface area (TPSA) is 38.1 Å². The monoisotopic (exact) mass is 291 g/mol. The summed E-state index contributed by atoms with van der Waals surface area (Å²) in [4.78, 5) is 13.8. The molecule has 0 fully saturated rings. The highest BCUT2D eigenvalue weighted by Crippen LogP contribution is 2.19. The van der Waals surface area contributed by atoms with Crippen molar-refractivity contribution in [2.24, 2.45) is 0 Å². The Morgan fingerprint density at radius 3 is 2.50 bits per heavy atom. The number of carbonyl (C=O) groups excluding carboxylic acids is 1. The molecule has 1 aromatic heterocycles. The maximum atomic E-state index is 12.2. The number of aromatic nitrogens is 2. The summed E-state index contributed by atoms with van der Waals surface area (Å²) >= 11 is 5.91. The van der Waals surface area contributed by atoms with E-state index in [1.165, 1.54) is 0 Å². The van der Waals surface area contributed by atoms with Gasteiger partial charge in [0.1, 0.15) is 0 Å². The van der Waals surface area contributed by atoms with Crippen molar-refractivity contribution >= 4 is 17.5 Å². The van der Waals surface area contributed by atoms with Gasteiger partial charge in [0, 0.05) is 19.1 Å². The molecule has 0 aliphatic carbocycles. The van der Waals surface area contributed by atoms with Crippen LogP contribution in [0.5, 0.6) is 0 Å². The minimum absolute atomic E-state index is 0.0198. The highest BCUT2D eigenvalue weighted by molar-refractivity contribution is 6.30. The lowest BCUT2D eigenvalue weighted by molar-refractivity contribution is 0.0826. The molecule has 4 nitrogen and oxygen atoms in total. The lowest BCUT2D eigenvalue weighted by atomic mass is 10.1. The van der Waals surface area contributed by atoms with Crippen molar-refractivity contribution in [2.45, 2.75) is 19.8 Å². The smallest absolute Gasteiger partial charge is 0.256 e. The van der Waals surface area contributed by atoms with E-state index in [2.05, 4.69) is 12.0 Å². The third-order valence-electron chi connectivity index (χ3n) is 3.06. The van der Waals surface area contributed by atoms with Crippen LogP contribution in [0.2, 0.25) is 5.02 Å². The van der Waals surface area contributed by atoms with Gasteiger partial charge < -0.3 is 4.90 Å². The summed E-state index contributed by atoms with van der Waals surface area (Å²) < 4.78 is 1.82. The van der Waals surface area contributed by atoms with Crippen LogP contribution in [0.25, 0.3) is 5.69 Å². The Morgan fingerprint density at radius 1 is 1.30 bits per heavy atom. The van der Waals surface area contributed by atoms with E-state index in [9.17, 15) is 4.79 Å². The number of carbonyl (C=O) groups is 1.